The zero-order valence-corrected chi connectivity index (χ0v) is 22.8. The number of anilines is 2. The summed E-state index contributed by atoms with van der Waals surface area (Å²) in [6, 6.07) is 29.4. The summed E-state index contributed by atoms with van der Waals surface area (Å²) < 4.78 is 1.46. The predicted molar refractivity (Wildman–Crippen MR) is 160 cm³/mol. The molecule has 0 fully saturated rings. The van der Waals surface area contributed by atoms with Crippen LogP contribution in [0.3, 0.4) is 0 Å². The smallest absolute Gasteiger partial charge is 0.265 e. The zero-order valence-electron chi connectivity index (χ0n) is 21.2. The third kappa shape index (κ3) is 5.98. The summed E-state index contributed by atoms with van der Waals surface area (Å²) in [7, 11) is 0. The van der Waals surface area contributed by atoms with Crippen molar-refractivity contribution in [1.29, 1.82) is 0 Å². The lowest BCUT2D eigenvalue weighted by Crippen LogP contribution is -2.33. The first kappa shape index (κ1) is 28.7. The van der Waals surface area contributed by atoms with Crippen molar-refractivity contribution in [2.75, 3.05) is 18.0 Å². The normalized spacial score (nSPS) is 10.6. The molecule has 6 nitrogen and oxygen atoms in total. The van der Waals surface area contributed by atoms with Gasteiger partial charge in [-0.3, -0.25) is 14.0 Å². The molecule has 2 aromatic heterocycles. The molecule has 196 valence electrons. The SMILES string of the molecule is CC(C)c1ccc2nc3ccc(C(=O)NCCN(c4ccccc4)c4ccccc4)cn3c(=O)c2c1.Cl.Cl. The molecule has 0 spiro atoms. The zero-order chi connectivity index (χ0) is 25.1. The number of halogens is 2. The van der Waals surface area contributed by atoms with Crippen LogP contribution in [0, 0.1) is 0 Å². The Hall–Kier alpha value is -3.87. The highest BCUT2D eigenvalue weighted by molar-refractivity contribution is 5.94. The Morgan fingerprint density at radius 3 is 2.13 bits per heavy atom. The molecule has 8 heteroatoms. The number of amides is 1. The Morgan fingerprint density at radius 1 is 0.895 bits per heavy atom. The molecule has 0 bridgehead atoms. The van der Waals surface area contributed by atoms with E-state index in [-0.39, 0.29) is 36.3 Å². The Kier molecular flexibility index (Phi) is 9.50. The number of benzene rings is 3. The second-order valence-corrected chi connectivity index (χ2v) is 9.07. The van der Waals surface area contributed by atoms with Crippen molar-refractivity contribution in [3.05, 3.63) is 119 Å². The van der Waals surface area contributed by atoms with Gasteiger partial charge >= 0.3 is 0 Å². The van der Waals surface area contributed by atoms with Crippen LogP contribution in [0.5, 0.6) is 0 Å². The van der Waals surface area contributed by atoms with Gasteiger partial charge in [0.1, 0.15) is 5.65 Å². The first-order valence-electron chi connectivity index (χ1n) is 12.1. The first-order chi connectivity index (χ1) is 17.5. The van der Waals surface area contributed by atoms with Crippen molar-refractivity contribution in [3.8, 4) is 0 Å². The third-order valence-electron chi connectivity index (χ3n) is 6.32. The largest absolute Gasteiger partial charge is 0.350 e. The molecule has 3 aromatic carbocycles. The number of rotatable bonds is 7. The molecule has 2 heterocycles. The van der Waals surface area contributed by atoms with Gasteiger partial charge in [0.25, 0.3) is 11.5 Å². The molecule has 0 saturated carbocycles. The molecule has 0 atom stereocenters. The van der Waals surface area contributed by atoms with Gasteiger partial charge in [0.05, 0.1) is 16.5 Å². The van der Waals surface area contributed by atoms with E-state index < -0.39 is 0 Å². The average molecular weight is 550 g/mol. The van der Waals surface area contributed by atoms with Crippen LogP contribution in [0.25, 0.3) is 16.6 Å². The van der Waals surface area contributed by atoms with Gasteiger partial charge in [-0.15, -0.1) is 24.8 Å². The fourth-order valence-corrected chi connectivity index (χ4v) is 4.32. The number of aromatic nitrogens is 2. The van der Waals surface area contributed by atoms with Crippen LogP contribution < -0.4 is 15.8 Å². The van der Waals surface area contributed by atoms with E-state index >= 15 is 0 Å². The van der Waals surface area contributed by atoms with E-state index in [1.165, 1.54) is 4.40 Å². The highest BCUT2D eigenvalue weighted by atomic mass is 35.5. The molecule has 0 aliphatic rings. The standard InChI is InChI=1S/C30H28N4O2.2ClH/c1-21(2)22-13-15-27-26(19-22)30(36)34-20-23(14-16-28(34)32-27)29(35)31-17-18-33(24-9-5-3-6-10-24)25-11-7-4-8-12-25;;/h3-16,19-21H,17-18H2,1-2H3,(H,31,35);2*1H. The maximum absolute atomic E-state index is 13.2. The lowest BCUT2D eigenvalue weighted by molar-refractivity contribution is 0.0954. The van der Waals surface area contributed by atoms with Crippen LogP contribution in [0.4, 0.5) is 11.4 Å². The second-order valence-electron chi connectivity index (χ2n) is 9.07. The van der Waals surface area contributed by atoms with Crippen LogP contribution >= 0.6 is 24.8 Å². The fraction of sp³-hybridized carbons (Fsp3) is 0.167. The van der Waals surface area contributed by atoms with Crippen molar-refractivity contribution >= 4 is 58.6 Å². The summed E-state index contributed by atoms with van der Waals surface area (Å²) in [6.07, 6.45) is 1.58. The maximum atomic E-state index is 13.2. The van der Waals surface area contributed by atoms with E-state index in [0.29, 0.717) is 41.1 Å². The molecule has 1 amide bonds. The molecule has 0 aliphatic carbocycles. The molecular weight excluding hydrogens is 519 g/mol. The molecule has 0 aliphatic heterocycles. The molecule has 0 radical (unpaired) electrons. The monoisotopic (exact) mass is 548 g/mol. The summed E-state index contributed by atoms with van der Waals surface area (Å²) in [5, 5.41) is 3.55. The van der Waals surface area contributed by atoms with Crippen molar-refractivity contribution in [3.63, 3.8) is 0 Å². The number of hydrogen-bond donors (Lipinski definition) is 1. The minimum Gasteiger partial charge on any atom is -0.350 e. The molecule has 1 N–H and O–H groups in total. The summed E-state index contributed by atoms with van der Waals surface area (Å²) in [5.41, 5.74) is 4.59. The first-order valence-corrected chi connectivity index (χ1v) is 12.1. The molecule has 0 saturated heterocycles. The maximum Gasteiger partial charge on any atom is 0.265 e. The molecule has 0 unspecified atom stereocenters. The van der Waals surface area contributed by atoms with Gasteiger partial charge in [0.15, 0.2) is 0 Å². The average Bonchev–Trinajstić information content (AvgIpc) is 2.91. The van der Waals surface area contributed by atoms with Gasteiger partial charge in [-0.2, -0.15) is 0 Å². The van der Waals surface area contributed by atoms with Crippen LogP contribution in [0.1, 0.15) is 35.7 Å². The van der Waals surface area contributed by atoms with E-state index in [2.05, 4.69) is 29.0 Å². The van der Waals surface area contributed by atoms with Crippen LogP contribution in [-0.2, 0) is 0 Å². The Morgan fingerprint density at radius 2 is 1.53 bits per heavy atom. The minimum absolute atomic E-state index is 0. The van der Waals surface area contributed by atoms with E-state index in [1.807, 2.05) is 78.9 Å². The molecular formula is C30H30Cl2N4O2. The molecule has 5 rings (SSSR count). The van der Waals surface area contributed by atoms with Crippen molar-refractivity contribution in [2.24, 2.45) is 0 Å². The fourth-order valence-electron chi connectivity index (χ4n) is 4.32. The van der Waals surface area contributed by atoms with Gasteiger partial charge in [-0.25, -0.2) is 4.98 Å². The number of carbonyl (C=O) groups is 1. The third-order valence-corrected chi connectivity index (χ3v) is 6.32. The minimum atomic E-state index is -0.235. The summed E-state index contributed by atoms with van der Waals surface area (Å²) in [5.74, 6) is 0.0684. The Bertz CT molecular complexity index is 1550. The molecule has 5 aromatic rings. The van der Waals surface area contributed by atoms with Crippen LogP contribution in [0.2, 0.25) is 0 Å². The van der Waals surface area contributed by atoms with Crippen molar-refractivity contribution in [2.45, 2.75) is 19.8 Å². The second kappa shape index (κ2) is 12.6. The topological polar surface area (TPSA) is 66.7 Å². The lowest BCUT2D eigenvalue weighted by Gasteiger charge is -2.25. The van der Waals surface area contributed by atoms with Gasteiger partial charge in [-0.1, -0.05) is 56.3 Å². The number of hydrogen-bond acceptors (Lipinski definition) is 4. The van der Waals surface area contributed by atoms with E-state index in [4.69, 9.17) is 0 Å². The summed E-state index contributed by atoms with van der Waals surface area (Å²) in [6.45, 7) is 5.21. The number of nitrogens with one attached hydrogen (secondary N) is 1. The number of carbonyl (C=O) groups excluding carboxylic acids is 1. The quantitative estimate of drug-likeness (QED) is 0.239. The van der Waals surface area contributed by atoms with Gasteiger partial charge in [0, 0.05) is 30.7 Å². The van der Waals surface area contributed by atoms with E-state index in [0.717, 1.165) is 16.9 Å². The molecule has 38 heavy (non-hydrogen) atoms. The number of nitrogens with zero attached hydrogens (tertiary/aromatic N) is 3. The van der Waals surface area contributed by atoms with Crippen molar-refractivity contribution in [1.82, 2.24) is 14.7 Å². The number of para-hydroxylation sites is 2. The van der Waals surface area contributed by atoms with Crippen molar-refractivity contribution < 1.29 is 4.79 Å². The highest BCUT2D eigenvalue weighted by Crippen LogP contribution is 2.24. The van der Waals surface area contributed by atoms with E-state index in [1.54, 1.807) is 18.3 Å². The van der Waals surface area contributed by atoms with Gasteiger partial charge < -0.3 is 10.2 Å². The predicted octanol–water partition coefficient (Wildman–Crippen LogP) is 6.38. The summed E-state index contributed by atoms with van der Waals surface area (Å²) >= 11 is 0. The van der Waals surface area contributed by atoms with Crippen LogP contribution in [0.15, 0.2) is 102 Å². The lowest BCUT2D eigenvalue weighted by atomic mass is 10.0. The summed E-state index contributed by atoms with van der Waals surface area (Å²) in [4.78, 5) is 33.0. The highest BCUT2D eigenvalue weighted by Gasteiger charge is 2.13. The van der Waals surface area contributed by atoms with Gasteiger partial charge in [-0.05, 0) is 60.0 Å². The van der Waals surface area contributed by atoms with Crippen LogP contribution in [-0.4, -0.2) is 28.4 Å². The van der Waals surface area contributed by atoms with E-state index in [9.17, 15) is 9.59 Å². The Balaban J connectivity index is 0.00000200. The number of pyridine rings is 1. The van der Waals surface area contributed by atoms with Gasteiger partial charge in [0.2, 0.25) is 0 Å². The Labute approximate surface area is 234 Å². The number of fused-ring (bicyclic) bond motifs is 2.